The minimum atomic E-state index is -0.658. The number of esters is 1. The summed E-state index contributed by atoms with van der Waals surface area (Å²) >= 11 is 1.28. The van der Waals surface area contributed by atoms with Crippen LogP contribution in [0.4, 0.5) is 0 Å². The van der Waals surface area contributed by atoms with Crippen LogP contribution in [-0.2, 0) is 14.3 Å². The van der Waals surface area contributed by atoms with Gasteiger partial charge >= 0.3 is 5.97 Å². The number of ketones is 1. The van der Waals surface area contributed by atoms with Gasteiger partial charge in [-0.1, -0.05) is 6.07 Å². The van der Waals surface area contributed by atoms with Crippen molar-refractivity contribution in [2.75, 3.05) is 26.9 Å². The maximum Gasteiger partial charge on any atom is 0.325 e. The van der Waals surface area contributed by atoms with Crippen molar-refractivity contribution in [1.29, 1.82) is 0 Å². The quantitative estimate of drug-likeness (QED) is 0.523. The topological polar surface area (TPSA) is 86.6 Å². The largest absolute Gasteiger partial charge is 0.456 e. The molecule has 2 aromatic heterocycles. The number of methoxy groups -OCH3 is 1. The smallest absolute Gasteiger partial charge is 0.325 e. The SMILES string of the molecule is COC[C@@H](C)n1c(C)cc(C(=O)COC(=O)CNC(=O)c2cccs2)c1C. The number of ether oxygens (including phenoxy) is 2. The first-order valence-corrected chi connectivity index (χ1v) is 9.41. The fourth-order valence-corrected chi connectivity index (χ4v) is 3.62. The summed E-state index contributed by atoms with van der Waals surface area (Å²) in [4.78, 5) is 36.5. The van der Waals surface area contributed by atoms with Crippen LogP contribution < -0.4 is 5.32 Å². The Labute approximate surface area is 162 Å². The zero-order valence-corrected chi connectivity index (χ0v) is 16.7. The zero-order chi connectivity index (χ0) is 20.0. The van der Waals surface area contributed by atoms with E-state index in [0.717, 1.165) is 11.4 Å². The molecule has 27 heavy (non-hydrogen) atoms. The molecule has 0 aliphatic carbocycles. The maximum absolute atomic E-state index is 12.4. The van der Waals surface area contributed by atoms with Crippen molar-refractivity contribution < 1.29 is 23.9 Å². The van der Waals surface area contributed by atoms with Crippen LogP contribution in [0.25, 0.3) is 0 Å². The van der Waals surface area contributed by atoms with Crippen LogP contribution in [0.1, 0.15) is 44.4 Å². The van der Waals surface area contributed by atoms with Gasteiger partial charge in [-0.3, -0.25) is 14.4 Å². The van der Waals surface area contributed by atoms with E-state index in [4.69, 9.17) is 9.47 Å². The molecule has 1 N–H and O–H groups in total. The van der Waals surface area contributed by atoms with Gasteiger partial charge in [0, 0.05) is 24.1 Å². The number of carbonyl (C=O) groups excluding carboxylic acids is 3. The summed E-state index contributed by atoms with van der Waals surface area (Å²) in [5.41, 5.74) is 2.27. The van der Waals surface area contributed by atoms with Crippen LogP contribution in [-0.4, -0.2) is 49.1 Å². The number of hydrogen-bond acceptors (Lipinski definition) is 6. The third-order valence-electron chi connectivity index (χ3n) is 4.14. The van der Waals surface area contributed by atoms with Gasteiger partial charge in [0.25, 0.3) is 5.91 Å². The second-order valence-electron chi connectivity index (χ2n) is 6.20. The van der Waals surface area contributed by atoms with Crippen LogP contribution in [0.15, 0.2) is 23.6 Å². The van der Waals surface area contributed by atoms with E-state index in [1.54, 1.807) is 30.7 Å². The van der Waals surface area contributed by atoms with Crippen molar-refractivity contribution in [3.05, 3.63) is 45.4 Å². The highest BCUT2D eigenvalue weighted by Gasteiger charge is 2.20. The van der Waals surface area contributed by atoms with Gasteiger partial charge in [-0.25, -0.2) is 0 Å². The number of thiophene rings is 1. The molecule has 0 aromatic carbocycles. The zero-order valence-electron chi connectivity index (χ0n) is 15.9. The number of nitrogens with zero attached hydrogens (tertiary/aromatic N) is 1. The number of carbonyl (C=O) groups is 3. The molecule has 1 atom stereocenters. The van der Waals surface area contributed by atoms with Gasteiger partial charge in [0.05, 0.1) is 17.5 Å². The van der Waals surface area contributed by atoms with E-state index in [1.807, 2.05) is 25.3 Å². The molecule has 0 unspecified atom stereocenters. The summed E-state index contributed by atoms with van der Waals surface area (Å²) < 4.78 is 12.2. The van der Waals surface area contributed by atoms with Crippen molar-refractivity contribution in [1.82, 2.24) is 9.88 Å². The number of hydrogen-bond donors (Lipinski definition) is 1. The van der Waals surface area contributed by atoms with Crippen LogP contribution >= 0.6 is 11.3 Å². The molecular weight excluding hydrogens is 368 g/mol. The molecule has 146 valence electrons. The first-order valence-electron chi connectivity index (χ1n) is 8.53. The molecule has 2 rings (SSSR count). The van der Waals surface area contributed by atoms with Crippen molar-refractivity contribution in [2.24, 2.45) is 0 Å². The Hall–Kier alpha value is -2.45. The Balaban J connectivity index is 1.89. The lowest BCUT2D eigenvalue weighted by Crippen LogP contribution is -2.31. The normalized spacial score (nSPS) is 11.9. The van der Waals surface area contributed by atoms with Crippen molar-refractivity contribution in [3.63, 3.8) is 0 Å². The molecule has 8 heteroatoms. The predicted octanol–water partition coefficient (Wildman–Crippen LogP) is 2.53. The molecule has 0 saturated carbocycles. The number of aromatic nitrogens is 1. The van der Waals surface area contributed by atoms with E-state index in [-0.39, 0.29) is 30.9 Å². The summed E-state index contributed by atoms with van der Waals surface area (Å²) in [5.74, 6) is -1.28. The van der Waals surface area contributed by atoms with Crippen molar-refractivity contribution in [2.45, 2.75) is 26.8 Å². The fourth-order valence-electron chi connectivity index (χ4n) is 2.98. The Morgan fingerprint density at radius 1 is 1.30 bits per heavy atom. The van der Waals surface area contributed by atoms with E-state index in [9.17, 15) is 14.4 Å². The third-order valence-corrected chi connectivity index (χ3v) is 5.00. The lowest BCUT2D eigenvalue weighted by Gasteiger charge is -2.17. The molecule has 7 nitrogen and oxygen atoms in total. The molecular formula is C19H24N2O5S. The highest BCUT2D eigenvalue weighted by atomic mass is 32.1. The summed E-state index contributed by atoms with van der Waals surface area (Å²) in [7, 11) is 1.63. The molecule has 0 bridgehead atoms. The van der Waals surface area contributed by atoms with Gasteiger partial charge in [0.2, 0.25) is 5.78 Å². The van der Waals surface area contributed by atoms with E-state index < -0.39 is 5.97 Å². The van der Waals surface area contributed by atoms with Crippen LogP contribution in [0.3, 0.4) is 0 Å². The number of amides is 1. The fraction of sp³-hybridized carbons (Fsp3) is 0.421. The summed E-state index contributed by atoms with van der Waals surface area (Å²) in [5, 5.41) is 4.24. The van der Waals surface area contributed by atoms with E-state index in [1.165, 1.54) is 11.3 Å². The van der Waals surface area contributed by atoms with Crippen LogP contribution in [0, 0.1) is 13.8 Å². The Morgan fingerprint density at radius 2 is 2.04 bits per heavy atom. The average Bonchev–Trinajstić information content (AvgIpc) is 3.26. The second kappa shape index (κ2) is 9.48. The monoisotopic (exact) mass is 392 g/mol. The number of aryl methyl sites for hydroxylation is 1. The van der Waals surface area contributed by atoms with Crippen molar-refractivity contribution in [3.8, 4) is 0 Å². The van der Waals surface area contributed by atoms with Crippen molar-refractivity contribution >= 4 is 29.0 Å². The number of nitrogens with one attached hydrogen (secondary N) is 1. The average molecular weight is 392 g/mol. The second-order valence-corrected chi connectivity index (χ2v) is 7.15. The first-order chi connectivity index (χ1) is 12.8. The Kier molecular flexibility index (Phi) is 7.32. The third kappa shape index (κ3) is 5.27. The molecule has 0 radical (unpaired) electrons. The van der Waals surface area contributed by atoms with Gasteiger partial charge in [-0.2, -0.15) is 0 Å². The van der Waals surface area contributed by atoms with E-state index in [0.29, 0.717) is 17.0 Å². The lowest BCUT2D eigenvalue weighted by molar-refractivity contribution is -0.141. The summed E-state index contributed by atoms with van der Waals surface area (Å²) in [6.45, 7) is 5.67. The van der Waals surface area contributed by atoms with Gasteiger partial charge in [0.1, 0.15) is 6.54 Å². The highest BCUT2D eigenvalue weighted by molar-refractivity contribution is 7.12. The number of Topliss-reactive ketones (excluding diaryl/α,β-unsaturated/α-hetero) is 1. The Morgan fingerprint density at radius 3 is 2.67 bits per heavy atom. The van der Waals surface area contributed by atoms with Gasteiger partial charge in [-0.05, 0) is 38.3 Å². The molecule has 2 heterocycles. The summed E-state index contributed by atoms with van der Waals surface area (Å²) in [6.07, 6.45) is 0. The first kappa shape index (κ1) is 20.9. The van der Waals surface area contributed by atoms with E-state index >= 15 is 0 Å². The molecule has 0 spiro atoms. The molecule has 0 aliphatic rings. The van der Waals surface area contributed by atoms with Gasteiger partial charge in [-0.15, -0.1) is 11.3 Å². The molecule has 0 saturated heterocycles. The predicted molar refractivity (Wildman–Crippen MR) is 102 cm³/mol. The van der Waals surface area contributed by atoms with Gasteiger partial charge in [0.15, 0.2) is 6.61 Å². The Bertz CT molecular complexity index is 810. The number of rotatable bonds is 9. The summed E-state index contributed by atoms with van der Waals surface area (Å²) in [6, 6.07) is 5.29. The van der Waals surface area contributed by atoms with Crippen LogP contribution in [0.5, 0.6) is 0 Å². The van der Waals surface area contributed by atoms with Gasteiger partial charge < -0.3 is 19.4 Å². The highest BCUT2D eigenvalue weighted by Crippen LogP contribution is 2.21. The standard InChI is InChI=1S/C19H24N2O5S/c1-12-8-15(14(3)21(12)13(2)10-25-4)16(22)11-26-18(23)9-20-19(24)17-6-5-7-27-17/h5-8,13H,9-11H2,1-4H3,(H,20,24)/t13-/m1/s1. The van der Waals surface area contributed by atoms with E-state index in [2.05, 4.69) is 5.32 Å². The molecule has 2 aromatic rings. The minimum absolute atomic E-state index is 0.0894. The maximum atomic E-state index is 12.4. The minimum Gasteiger partial charge on any atom is -0.456 e. The lowest BCUT2D eigenvalue weighted by atomic mass is 10.1. The van der Waals surface area contributed by atoms with Crippen LogP contribution in [0.2, 0.25) is 0 Å². The molecule has 0 aliphatic heterocycles. The molecule has 0 fully saturated rings. The molecule has 1 amide bonds.